The molecule has 1 N–H and O–H groups in total. The zero-order valence-corrected chi connectivity index (χ0v) is 13.4. The number of rotatable bonds is 5. The van der Waals surface area contributed by atoms with Gasteiger partial charge in [-0.1, -0.05) is 28.1 Å². The van der Waals surface area contributed by atoms with Crippen LogP contribution in [0.25, 0.3) is 6.08 Å². The minimum absolute atomic E-state index is 0.192. The van der Waals surface area contributed by atoms with Gasteiger partial charge in [-0.05, 0) is 42.0 Å². The van der Waals surface area contributed by atoms with Crippen molar-refractivity contribution in [1.29, 1.82) is 5.26 Å². The van der Waals surface area contributed by atoms with Crippen molar-refractivity contribution in [2.45, 2.75) is 6.61 Å². The molecular formula is C17H11BrFNO3. The minimum Gasteiger partial charge on any atom is -0.488 e. The van der Waals surface area contributed by atoms with E-state index in [4.69, 9.17) is 15.1 Å². The molecule has 6 heteroatoms. The van der Waals surface area contributed by atoms with E-state index in [2.05, 4.69) is 15.9 Å². The number of halogens is 2. The van der Waals surface area contributed by atoms with Gasteiger partial charge in [0.2, 0.25) is 0 Å². The summed E-state index contributed by atoms with van der Waals surface area (Å²) >= 11 is 3.29. The first-order valence-corrected chi connectivity index (χ1v) is 7.31. The van der Waals surface area contributed by atoms with Crippen molar-refractivity contribution < 1.29 is 19.0 Å². The number of ether oxygens (including phenoxy) is 1. The molecule has 0 spiro atoms. The van der Waals surface area contributed by atoms with E-state index >= 15 is 0 Å². The van der Waals surface area contributed by atoms with Gasteiger partial charge in [0.1, 0.15) is 29.8 Å². The van der Waals surface area contributed by atoms with Crippen LogP contribution in [0.15, 0.2) is 52.5 Å². The van der Waals surface area contributed by atoms with Crippen LogP contribution in [0, 0.1) is 17.1 Å². The van der Waals surface area contributed by atoms with Crippen LogP contribution in [0.4, 0.5) is 4.39 Å². The summed E-state index contributed by atoms with van der Waals surface area (Å²) in [5.74, 6) is -1.22. The van der Waals surface area contributed by atoms with Gasteiger partial charge < -0.3 is 9.84 Å². The van der Waals surface area contributed by atoms with Gasteiger partial charge in [-0.25, -0.2) is 9.18 Å². The molecule has 116 valence electrons. The highest BCUT2D eigenvalue weighted by Gasteiger charge is 2.10. The van der Waals surface area contributed by atoms with Crippen molar-refractivity contribution >= 4 is 28.0 Å². The number of nitrogens with zero attached hydrogens (tertiary/aromatic N) is 1. The lowest BCUT2D eigenvalue weighted by Crippen LogP contribution is -2.00. The number of benzene rings is 2. The molecule has 0 aliphatic heterocycles. The highest BCUT2D eigenvalue weighted by molar-refractivity contribution is 9.10. The fourth-order valence-corrected chi connectivity index (χ4v) is 2.18. The maximum atomic E-state index is 12.9. The van der Waals surface area contributed by atoms with E-state index in [1.54, 1.807) is 36.4 Å². The van der Waals surface area contributed by atoms with E-state index in [9.17, 15) is 9.18 Å². The standard InChI is InChI=1S/C17H11BrFNO3/c18-14-3-6-16(12(8-14)7-13(9-20)17(21)22)23-10-11-1-4-15(19)5-2-11/h1-8H,10H2,(H,21,22). The Hall–Kier alpha value is -2.65. The third kappa shape index (κ3) is 4.66. The monoisotopic (exact) mass is 375 g/mol. The van der Waals surface area contributed by atoms with Crippen LogP contribution in [-0.4, -0.2) is 11.1 Å². The van der Waals surface area contributed by atoms with Crippen LogP contribution >= 0.6 is 15.9 Å². The zero-order chi connectivity index (χ0) is 16.8. The van der Waals surface area contributed by atoms with Crippen molar-refractivity contribution in [2.24, 2.45) is 0 Å². The van der Waals surface area contributed by atoms with E-state index in [1.807, 2.05) is 0 Å². The van der Waals surface area contributed by atoms with Gasteiger partial charge in [0.15, 0.2) is 0 Å². The summed E-state index contributed by atoms with van der Waals surface area (Å²) in [7, 11) is 0. The molecular weight excluding hydrogens is 365 g/mol. The highest BCUT2D eigenvalue weighted by atomic mass is 79.9. The van der Waals surface area contributed by atoms with Crippen LogP contribution in [0.2, 0.25) is 0 Å². The van der Waals surface area contributed by atoms with Crippen LogP contribution in [0.1, 0.15) is 11.1 Å². The molecule has 2 aromatic carbocycles. The van der Waals surface area contributed by atoms with Crippen molar-refractivity contribution in [3.05, 3.63) is 69.5 Å². The average Bonchev–Trinajstić information content (AvgIpc) is 2.53. The molecule has 0 aliphatic carbocycles. The largest absolute Gasteiger partial charge is 0.488 e. The van der Waals surface area contributed by atoms with Gasteiger partial charge in [-0.2, -0.15) is 5.26 Å². The van der Waals surface area contributed by atoms with Crippen molar-refractivity contribution in [2.75, 3.05) is 0 Å². The first kappa shape index (κ1) is 16.7. The number of carboxylic acids is 1. The molecule has 0 bridgehead atoms. The van der Waals surface area contributed by atoms with Crippen LogP contribution in [0.5, 0.6) is 5.75 Å². The maximum Gasteiger partial charge on any atom is 0.346 e. The molecule has 0 heterocycles. The Morgan fingerprint density at radius 3 is 2.61 bits per heavy atom. The number of hydrogen-bond acceptors (Lipinski definition) is 3. The van der Waals surface area contributed by atoms with Gasteiger partial charge in [-0.15, -0.1) is 0 Å². The van der Waals surface area contributed by atoms with Gasteiger partial charge in [-0.3, -0.25) is 0 Å². The van der Waals surface area contributed by atoms with Crippen molar-refractivity contribution in [1.82, 2.24) is 0 Å². The fraction of sp³-hybridized carbons (Fsp3) is 0.0588. The second kappa shape index (κ2) is 7.56. The summed E-state index contributed by atoms with van der Waals surface area (Å²) in [6, 6.07) is 12.5. The van der Waals surface area contributed by atoms with Crippen molar-refractivity contribution in [3.63, 3.8) is 0 Å². The Kier molecular flexibility index (Phi) is 5.50. The summed E-state index contributed by atoms with van der Waals surface area (Å²) < 4.78 is 19.3. The van der Waals surface area contributed by atoms with Gasteiger partial charge in [0, 0.05) is 10.0 Å². The number of hydrogen-bond donors (Lipinski definition) is 1. The van der Waals surface area contributed by atoms with Crippen LogP contribution in [-0.2, 0) is 11.4 Å². The fourth-order valence-electron chi connectivity index (χ4n) is 1.80. The second-order valence-electron chi connectivity index (χ2n) is 4.57. The predicted octanol–water partition coefficient (Wildman–Crippen LogP) is 4.16. The first-order valence-electron chi connectivity index (χ1n) is 6.51. The minimum atomic E-state index is -1.31. The smallest absolute Gasteiger partial charge is 0.346 e. The molecule has 2 rings (SSSR count). The Labute approximate surface area is 140 Å². The maximum absolute atomic E-state index is 12.9. The molecule has 23 heavy (non-hydrogen) atoms. The van der Waals surface area contributed by atoms with Crippen LogP contribution in [0.3, 0.4) is 0 Å². The molecule has 0 radical (unpaired) electrons. The summed E-state index contributed by atoms with van der Waals surface area (Å²) in [6.45, 7) is 0.192. The van der Waals surface area contributed by atoms with E-state index in [1.165, 1.54) is 18.2 Å². The third-order valence-electron chi connectivity index (χ3n) is 2.93. The average molecular weight is 376 g/mol. The lowest BCUT2D eigenvalue weighted by molar-refractivity contribution is -0.132. The quantitative estimate of drug-likeness (QED) is 0.629. The molecule has 0 saturated heterocycles. The Morgan fingerprint density at radius 2 is 2.00 bits per heavy atom. The van der Waals surface area contributed by atoms with E-state index in [0.29, 0.717) is 11.3 Å². The summed E-state index contributed by atoms with van der Waals surface area (Å²) in [6.07, 6.45) is 1.24. The number of carbonyl (C=O) groups is 1. The summed E-state index contributed by atoms with van der Waals surface area (Å²) in [5, 5.41) is 17.8. The molecule has 2 aromatic rings. The van der Waals surface area contributed by atoms with Gasteiger partial charge in [0.25, 0.3) is 0 Å². The normalized spacial score (nSPS) is 10.9. The lowest BCUT2D eigenvalue weighted by Gasteiger charge is -2.10. The Bertz CT molecular complexity index is 794. The number of carboxylic acid groups (broad SMARTS) is 1. The van der Waals surface area contributed by atoms with Crippen molar-refractivity contribution in [3.8, 4) is 11.8 Å². The Balaban J connectivity index is 2.27. The molecule has 4 nitrogen and oxygen atoms in total. The highest BCUT2D eigenvalue weighted by Crippen LogP contribution is 2.26. The molecule has 0 atom stereocenters. The third-order valence-corrected chi connectivity index (χ3v) is 3.42. The number of aliphatic carboxylic acids is 1. The molecule has 0 fully saturated rings. The molecule has 0 aliphatic rings. The molecule has 0 saturated carbocycles. The van der Waals surface area contributed by atoms with E-state index in [0.717, 1.165) is 10.0 Å². The zero-order valence-electron chi connectivity index (χ0n) is 11.8. The molecule has 0 aromatic heterocycles. The molecule has 0 unspecified atom stereocenters. The second-order valence-corrected chi connectivity index (χ2v) is 5.49. The summed E-state index contributed by atoms with van der Waals surface area (Å²) in [5.41, 5.74) is 0.832. The van der Waals surface area contributed by atoms with Crippen LogP contribution < -0.4 is 4.74 Å². The Morgan fingerprint density at radius 1 is 1.30 bits per heavy atom. The predicted molar refractivity (Wildman–Crippen MR) is 86.1 cm³/mol. The number of nitriles is 1. The topological polar surface area (TPSA) is 70.3 Å². The summed E-state index contributed by atoms with van der Waals surface area (Å²) in [4.78, 5) is 11.0. The first-order chi connectivity index (χ1) is 11.0. The SMILES string of the molecule is N#CC(=Cc1cc(Br)ccc1OCc1ccc(F)cc1)C(=O)O. The molecule has 0 amide bonds. The van der Waals surface area contributed by atoms with E-state index < -0.39 is 11.5 Å². The van der Waals surface area contributed by atoms with E-state index in [-0.39, 0.29) is 12.4 Å². The van der Waals surface area contributed by atoms with Gasteiger partial charge in [0.05, 0.1) is 0 Å². The van der Waals surface area contributed by atoms with Gasteiger partial charge >= 0.3 is 5.97 Å². The lowest BCUT2D eigenvalue weighted by atomic mass is 10.1.